The monoisotopic (exact) mass is 632 g/mol. The Kier molecular flexibility index (Phi) is 18.9. The van der Waals surface area contributed by atoms with Gasteiger partial charge in [0.05, 0.1) is 25.4 Å². The highest BCUT2D eigenvalue weighted by molar-refractivity contribution is 5.75. The first kappa shape index (κ1) is 38.8. The first-order valence-electron chi connectivity index (χ1n) is 17.3. The average Bonchev–Trinajstić information content (AvgIpc) is 2.96. The largest absolute Gasteiger partial charge is 0.393 e. The molecule has 2 aliphatic heterocycles. The number of aliphatic hydroxyl groups is 4. The number of aliphatic hydroxyl groups excluding tert-OH is 4. The van der Waals surface area contributed by atoms with Crippen LogP contribution in [0.15, 0.2) is 0 Å². The lowest BCUT2D eigenvalue weighted by Crippen LogP contribution is -2.65. The maximum atomic E-state index is 12.4. The molecule has 0 aliphatic carbocycles. The number of nitrogens with one attached hydrogen (secondary N) is 2. The van der Waals surface area contributed by atoms with Gasteiger partial charge >= 0.3 is 0 Å². The number of amides is 2. The minimum absolute atomic E-state index is 0.0831. The molecule has 2 saturated heterocycles. The van der Waals surface area contributed by atoms with Gasteiger partial charge in [-0.25, -0.2) is 20.0 Å². The van der Waals surface area contributed by atoms with Crippen molar-refractivity contribution in [3.8, 4) is 0 Å². The standard InChI is InChI=1S/C32H62N4O8/c1-27(37)13-15-31(41)33-35(17-7-5-8-18-35)23-29(39)25-43-21-11-3-4-12-22-44-26-30(40)24-36(19-9-6-10-20-36)34-32(42)16-14-28(2)38/h27-30,37-40H,3-26H2,1-2H3/p+2. The topological polar surface area (TPSA) is 158 Å². The third kappa shape index (κ3) is 16.8. The van der Waals surface area contributed by atoms with E-state index < -0.39 is 24.4 Å². The number of unbranched alkanes of at least 4 members (excludes halogenated alkanes) is 3. The molecule has 0 spiro atoms. The fourth-order valence-electron chi connectivity index (χ4n) is 6.35. The lowest BCUT2D eigenvalue weighted by molar-refractivity contribution is -0.967. The van der Waals surface area contributed by atoms with E-state index in [4.69, 9.17) is 9.47 Å². The number of quaternary nitrogens is 2. The highest BCUT2D eigenvalue weighted by Gasteiger charge is 2.36. The first-order chi connectivity index (χ1) is 21.0. The molecular weight excluding hydrogens is 568 g/mol. The van der Waals surface area contributed by atoms with E-state index >= 15 is 0 Å². The summed E-state index contributed by atoms with van der Waals surface area (Å²) >= 11 is 0. The van der Waals surface area contributed by atoms with Crippen LogP contribution in [0.25, 0.3) is 0 Å². The predicted octanol–water partition coefficient (Wildman–Crippen LogP) is 1.69. The number of carbonyl (C=O) groups is 2. The Morgan fingerprint density at radius 2 is 0.977 bits per heavy atom. The lowest BCUT2D eigenvalue weighted by atomic mass is 10.1. The molecule has 6 N–H and O–H groups in total. The van der Waals surface area contributed by atoms with E-state index in [-0.39, 0.29) is 37.9 Å². The van der Waals surface area contributed by atoms with Gasteiger partial charge in [-0.05, 0) is 78.1 Å². The van der Waals surface area contributed by atoms with E-state index in [2.05, 4.69) is 10.9 Å². The van der Waals surface area contributed by atoms with Crippen molar-refractivity contribution in [1.29, 1.82) is 0 Å². The zero-order valence-electron chi connectivity index (χ0n) is 27.6. The Bertz CT molecular complexity index is 724. The Morgan fingerprint density at radius 3 is 1.32 bits per heavy atom. The van der Waals surface area contributed by atoms with Crippen LogP contribution in [-0.2, 0) is 19.1 Å². The molecule has 12 heteroatoms. The van der Waals surface area contributed by atoms with Gasteiger partial charge in [-0.15, -0.1) is 0 Å². The summed E-state index contributed by atoms with van der Waals surface area (Å²) in [5.74, 6) is -0.166. The summed E-state index contributed by atoms with van der Waals surface area (Å²) in [7, 11) is 0. The quantitative estimate of drug-likeness (QED) is 0.0734. The van der Waals surface area contributed by atoms with E-state index in [1.165, 1.54) is 0 Å². The van der Waals surface area contributed by atoms with Crippen molar-refractivity contribution < 1.29 is 48.7 Å². The van der Waals surface area contributed by atoms with Gasteiger partial charge < -0.3 is 29.9 Å². The number of nitrogens with zero attached hydrogens (tertiary/aromatic N) is 2. The third-order valence-corrected chi connectivity index (χ3v) is 8.71. The molecule has 2 heterocycles. The smallest absolute Gasteiger partial charge is 0.265 e. The van der Waals surface area contributed by atoms with Crippen molar-refractivity contribution in [2.45, 2.75) is 128 Å². The summed E-state index contributed by atoms with van der Waals surface area (Å²) in [6.45, 7) is 9.06. The summed E-state index contributed by atoms with van der Waals surface area (Å²) in [4.78, 5) is 24.9. The second kappa shape index (κ2) is 21.4. The number of hydrogen-bond acceptors (Lipinski definition) is 8. The van der Waals surface area contributed by atoms with Crippen LogP contribution in [0.2, 0.25) is 0 Å². The van der Waals surface area contributed by atoms with Crippen LogP contribution < -0.4 is 10.9 Å². The number of ether oxygens (including phenoxy) is 2. The molecule has 0 saturated carbocycles. The number of likely N-dealkylation sites (tertiary alicyclic amines) is 2. The Morgan fingerprint density at radius 1 is 0.614 bits per heavy atom. The molecule has 258 valence electrons. The van der Waals surface area contributed by atoms with Crippen molar-refractivity contribution in [2.75, 3.05) is 65.7 Å². The molecule has 2 aliphatic rings. The van der Waals surface area contributed by atoms with E-state index in [1.807, 2.05) is 0 Å². The van der Waals surface area contributed by atoms with Gasteiger partial charge in [0.25, 0.3) is 11.8 Å². The Labute approximate surface area is 265 Å². The van der Waals surface area contributed by atoms with Crippen LogP contribution in [0, 0.1) is 0 Å². The second-order valence-corrected chi connectivity index (χ2v) is 13.4. The van der Waals surface area contributed by atoms with E-state index in [9.17, 15) is 30.0 Å². The summed E-state index contributed by atoms with van der Waals surface area (Å²) in [6, 6.07) is 0. The maximum Gasteiger partial charge on any atom is 0.265 e. The zero-order valence-corrected chi connectivity index (χ0v) is 27.6. The number of carbonyl (C=O) groups excluding carboxylic acids is 2. The van der Waals surface area contributed by atoms with Gasteiger partial charge in [0.2, 0.25) is 0 Å². The van der Waals surface area contributed by atoms with Crippen molar-refractivity contribution in [3.63, 3.8) is 0 Å². The molecule has 4 atom stereocenters. The summed E-state index contributed by atoms with van der Waals surface area (Å²) in [5, 5.41) is 40.3. The average molecular weight is 633 g/mol. The van der Waals surface area contributed by atoms with E-state index in [0.29, 0.717) is 48.3 Å². The summed E-state index contributed by atoms with van der Waals surface area (Å²) in [6.07, 6.45) is 9.15. The molecule has 12 nitrogen and oxygen atoms in total. The normalized spacial score (nSPS) is 20.8. The van der Waals surface area contributed by atoms with Crippen molar-refractivity contribution in [3.05, 3.63) is 0 Å². The molecule has 4 unspecified atom stereocenters. The minimum atomic E-state index is -0.658. The van der Waals surface area contributed by atoms with Gasteiger partial charge in [-0.3, -0.25) is 9.59 Å². The van der Waals surface area contributed by atoms with E-state index in [1.54, 1.807) is 13.8 Å². The molecular formula is C32H64N4O8+2. The SMILES string of the molecule is CC(O)CCC(=O)N[N+]1(CC(O)COCCCCCCOCC(O)C[N+]2(NC(=O)CCC(C)O)CCCCC2)CCCCC1. The minimum Gasteiger partial charge on any atom is -0.393 e. The van der Waals surface area contributed by atoms with Crippen LogP contribution in [-0.4, -0.2) is 132 Å². The van der Waals surface area contributed by atoms with Crippen LogP contribution in [0.4, 0.5) is 0 Å². The third-order valence-electron chi connectivity index (χ3n) is 8.71. The van der Waals surface area contributed by atoms with Crippen LogP contribution in [0.5, 0.6) is 0 Å². The maximum absolute atomic E-state index is 12.4. The fourth-order valence-corrected chi connectivity index (χ4v) is 6.35. The zero-order chi connectivity index (χ0) is 32.3. The summed E-state index contributed by atoms with van der Waals surface area (Å²) < 4.78 is 12.3. The van der Waals surface area contributed by atoms with Crippen molar-refractivity contribution in [2.24, 2.45) is 0 Å². The molecule has 2 fully saturated rings. The lowest BCUT2D eigenvalue weighted by Gasteiger charge is -2.41. The first-order valence-corrected chi connectivity index (χ1v) is 17.3. The van der Waals surface area contributed by atoms with Crippen molar-refractivity contribution >= 4 is 11.8 Å². The Balaban J connectivity index is 1.55. The molecule has 0 aromatic carbocycles. The highest BCUT2D eigenvalue weighted by Crippen LogP contribution is 2.19. The number of piperidine rings is 2. The molecule has 0 aromatic rings. The van der Waals surface area contributed by atoms with Crippen LogP contribution >= 0.6 is 0 Å². The van der Waals surface area contributed by atoms with Gasteiger partial charge in [-0.1, -0.05) is 12.8 Å². The molecule has 44 heavy (non-hydrogen) atoms. The molecule has 0 radical (unpaired) electrons. The van der Waals surface area contributed by atoms with Crippen LogP contribution in [0.3, 0.4) is 0 Å². The Hall–Kier alpha value is -1.38. The van der Waals surface area contributed by atoms with Gasteiger partial charge in [0.15, 0.2) is 0 Å². The predicted molar refractivity (Wildman–Crippen MR) is 168 cm³/mol. The van der Waals surface area contributed by atoms with Gasteiger partial charge in [0.1, 0.15) is 51.5 Å². The van der Waals surface area contributed by atoms with Gasteiger partial charge in [-0.2, -0.15) is 0 Å². The van der Waals surface area contributed by atoms with Crippen molar-refractivity contribution in [1.82, 2.24) is 10.9 Å². The number of hydrogen-bond donors (Lipinski definition) is 6. The van der Waals surface area contributed by atoms with E-state index in [0.717, 1.165) is 90.4 Å². The second-order valence-electron chi connectivity index (χ2n) is 13.4. The fraction of sp³-hybridized carbons (Fsp3) is 0.938. The summed E-state index contributed by atoms with van der Waals surface area (Å²) in [5.41, 5.74) is 6.23. The number of rotatable bonds is 23. The molecule has 2 amide bonds. The van der Waals surface area contributed by atoms with Gasteiger partial charge in [0, 0.05) is 26.1 Å². The molecule has 0 aromatic heterocycles. The highest BCUT2D eigenvalue weighted by atomic mass is 16.5. The molecule has 0 bridgehead atoms. The van der Waals surface area contributed by atoms with Crippen LogP contribution in [0.1, 0.15) is 104 Å². The molecule has 2 rings (SSSR count).